The number of carbonyl (C=O) groups is 1. The van der Waals surface area contributed by atoms with Gasteiger partial charge >= 0.3 is 6.09 Å². The predicted molar refractivity (Wildman–Crippen MR) is 203 cm³/mol. The summed E-state index contributed by atoms with van der Waals surface area (Å²) < 4.78 is 33.5. The first-order valence-corrected chi connectivity index (χ1v) is 19.8. The number of methoxy groups -OCH3 is 1. The number of ether oxygens (including phenoxy) is 3. The third-order valence-corrected chi connectivity index (χ3v) is 16.1. The molecular weight excluding hydrogens is 648 g/mol. The number of piperazine rings is 1. The van der Waals surface area contributed by atoms with Crippen LogP contribution in [0.3, 0.4) is 0 Å². The molecule has 0 radical (unpaired) electrons. The summed E-state index contributed by atoms with van der Waals surface area (Å²) in [5.41, 5.74) is 7.12. The van der Waals surface area contributed by atoms with E-state index in [0.29, 0.717) is 64.9 Å². The molecule has 8 nitrogen and oxygen atoms in total. The zero-order valence-electron chi connectivity index (χ0n) is 31.2. The molecular formula is C40H51FN4O4Si. The number of rotatable bonds is 8. The summed E-state index contributed by atoms with van der Waals surface area (Å²) in [5, 5.41) is 2.73. The zero-order valence-corrected chi connectivity index (χ0v) is 32.2. The minimum Gasteiger partial charge on any atom is -0.468 e. The molecule has 0 aliphatic carbocycles. The maximum Gasteiger partial charge on any atom is 0.410 e. The van der Waals surface area contributed by atoms with E-state index in [1.54, 1.807) is 30.6 Å². The van der Waals surface area contributed by atoms with Crippen molar-refractivity contribution in [1.29, 1.82) is 0 Å². The van der Waals surface area contributed by atoms with Crippen LogP contribution in [0.5, 0.6) is 5.75 Å². The van der Waals surface area contributed by atoms with E-state index >= 15 is 4.39 Å². The van der Waals surface area contributed by atoms with Crippen molar-refractivity contribution in [3.63, 3.8) is 0 Å². The van der Waals surface area contributed by atoms with Gasteiger partial charge in [-0.3, -0.25) is 9.97 Å². The average Bonchev–Trinajstić information content (AvgIpc) is 3.06. The molecule has 0 unspecified atom stereocenters. The summed E-state index contributed by atoms with van der Waals surface area (Å²) in [6.07, 6.45) is 4.69. The average molecular weight is 699 g/mol. The van der Waals surface area contributed by atoms with Crippen LogP contribution in [0.2, 0.25) is 16.6 Å². The first-order chi connectivity index (χ1) is 23.7. The third-order valence-electron chi connectivity index (χ3n) is 9.83. The zero-order chi connectivity index (χ0) is 36.4. The second-order valence-corrected chi connectivity index (χ2v) is 20.6. The number of fused-ring (bicyclic) bond motifs is 2. The molecule has 0 atom stereocenters. The van der Waals surface area contributed by atoms with Crippen molar-refractivity contribution < 1.29 is 23.4 Å². The highest BCUT2D eigenvalue weighted by molar-refractivity contribution is 6.90. The fraction of sp³-hybridized carbons (Fsp3) is 0.475. The molecule has 0 spiro atoms. The lowest BCUT2D eigenvalue weighted by Crippen LogP contribution is -2.50. The van der Waals surface area contributed by atoms with Crippen molar-refractivity contribution in [2.45, 2.75) is 84.5 Å². The molecule has 1 aliphatic heterocycles. The molecule has 2 aromatic carbocycles. The van der Waals surface area contributed by atoms with Crippen LogP contribution in [0.15, 0.2) is 48.9 Å². The Balaban J connectivity index is 1.61. The van der Waals surface area contributed by atoms with Crippen LogP contribution >= 0.6 is 0 Å². The molecule has 1 aliphatic rings. The number of pyridine rings is 2. The molecule has 266 valence electrons. The molecule has 3 heterocycles. The van der Waals surface area contributed by atoms with E-state index in [0.717, 1.165) is 22.0 Å². The Morgan fingerprint density at radius 1 is 0.960 bits per heavy atom. The quantitative estimate of drug-likeness (QED) is 0.103. The van der Waals surface area contributed by atoms with Crippen LogP contribution in [0.4, 0.5) is 14.9 Å². The maximum absolute atomic E-state index is 16.9. The van der Waals surface area contributed by atoms with Gasteiger partial charge in [0.1, 0.15) is 25.1 Å². The number of anilines is 1. The third kappa shape index (κ3) is 7.45. The van der Waals surface area contributed by atoms with E-state index in [9.17, 15) is 4.79 Å². The summed E-state index contributed by atoms with van der Waals surface area (Å²) in [5.74, 6) is 3.70. The molecule has 50 heavy (non-hydrogen) atoms. The van der Waals surface area contributed by atoms with Gasteiger partial charge in [-0.15, -0.1) is 5.54 Å². The highest BCUT2D eigenvalue weighted by atomic mass is 28.3. The molecule has 1 amide bonds. The fourth-order valence-electron chi connectivity index (χ4n) is 7.49. The van der Waals surface area contributed by atoms with Gasteiger partial charge in [-0.05, 0) is 61.0 Å². The molecule has 1 saturated heterocycles. The van der Waals surface area contributed by atoms with Crippen LogP contribution in [0, 0.1) is 17.3 Å². The van der Waals surface area contributed by atoms with Gasteiger partial charge in [0, 0.05) is 73.0 Å². The summed E-state index contributed by atoms with van der Waals surface area (Å²) in [7, 11) is -0.482. The molecule has 4 aromatic rings. The van der Waals surface area contributed by atoms with E-state index in [4.69, 9.17) is 19.2 Å². The van der Waals surface area contributed by atoms with Crippen molar-refractivity contribution in [3.05, 3.63) is 60.3 Å². The molecule has 2 aromatic heterocycles. The Bertz CT molecular complexity index is 1900. The first-order valence-electron chi connectivity index (χ1n) is 17.5. The Kier molecular flexibility index (Phi) is 11.1. The van der Waals surface area contributed by atoms with Crippen molar-refractivity contribution in [1.82, 2.24) is 14.9 Å². The normalized spacial score (nSPS) is 14.1. The molecule has 0 bridgehead atoms. The fourth-order valence-corrected chi connectivity index (χ4v) is 12.7. The van der Waals surface area contributed by atoms with Crippen molar-refractivity contribution in [3.8, 4) is 28.5 Å². The van der Waals surface area contributed by atoms with Gasteiger partial charge in [0.25, 0.3) is 0 Å². The number of aromatic nitrogens is 2. The standard InChI is InChI=1S/C40H51FN4O4Si/c1-26(2)50(27(3)4,28(5)6)19-14-29-12-11-13-30-20-31(48-25-47-10)21-32(36(29)30)38-37(41)34-22-42-24-35(33(34)23-43-38)44-15-17-45(18-16-44)39(46)49-40(7,8)9/h11-13,20-24,26-28H,15-18,25H2,1-10H3. The van der Waals surface area contributed by atoms with E-state index in [1.807, 2.05) is 51.1 Å². The van der Waals surface area contributed by atoms with Crippen LogP contribution in [-0.4, -0.2) is 74.7 Å². The van der Waals surface area contributed by atoms with Gasteiger partial charge in [0.05, 0.1) is 11.9 Å². The number of hydrogen-bond donors (Lipinski definition) is 0. The second kappa shape index (κ2) is 15.0. The van der Waals surface area contributed by atoms with Gasteiger partial charge < -0.3 is 24.0 Å². The second-order valence-electron chi connectivity index (χ2n) is 15.1. The minimum atomic E-state index is -2.05. The molecule has 5 rings (SSSR count). The number of benzene rings is 2. The minimum absolute atomic E-state index is 0.0534. The SMILES string of the molecule is COCOc1cc(-c2ncc3c(N4CCN(C(=O)OC(C)(C)C)CC4)cncc3c2F)c2c(C#C[Si](C(C)C)(C(C)C)C(C)C)cccc2c1. The monoisotopic (exact) mass is 698 g/mol. The summed E-state index contributed by atoms with van der Waals surface area (Å²) >= 11 is 0. The highest BCUT2D eigenvalue weighted by Gasteiger charge is 2.41. The van der Waals surface area contributed by atoms with Gasteiger partial charge in [-0.1, -0.05) is 59.6 Å². The number of carbonyl (C=O) groups excluding carboxylic acids is 1. The lowest BCUT2D eigenvalue weighted by atomic mass is 9.95. The maximum atomic E-state index is 16.9. The Labute approximate surface area is 297 Å². The smallest absolute Gasteiger partial charge is 0.410 e. The lowest BCUT2D eigenvalue weighted by molar-refractivity contribution is 0.0240. The van der Waals surface area contributed by atoms with Gasteiger partial charge in [-0.2, -0.15) is 0 Å². The molecule has 10 heteroatoms. The van der Waals surface area contributed by atoms with E-state index in [-0.39, 0.29) is 18.6 Å². The topological polar surface area (TPSA) is 77.0 Å². The number of halogens is 1. The van der Waals surface area contributed by atoms with Crippen molar-refractivity contribution >= 4 is 41.4 Å². The Morgan fingerprint density at radius 3 is 2.26 bits per heavy atom. The van der Waals surface area contributed by atoms with Gasteiger partial charge in [0.15, 0.2) is 12.6 Å². The largest absolute Gasteiger partial charge is 0.468 e. The lowest BCUT2D eigenvalue weighted by Gasteiger charge is -2.38. The predicted octanol–water partition coefficient (Wildman–Crippen LogP) is 9.20. The van der Waals surface area contributed by atoms with E-state index < -0.39 is 19.5 Å². The molecule has 1 fully saturated rings. The van der Waals surface area contributed by atoms with Crippen LogP contribution < -0.4 is 9.64 Å². The molecule has 0 N–H and O–H groups in total. The van der Waals surface area contributed by atoms with Crippen LogP contribution in [0.1, 0.15) is 67.9 Å². The number of nitrogens with zero attached hydrogens (tertiary/aromatic N) is 4. The molecule has 0 saturated carbocycles. The summed E-state index contributed by atoms with van der Waals surface area (Å²) in [4.78, 5) is 25.7. The summed E-state index contributed by atoms with van der Waals surface area (Å²) in [6, 6.07) is 9.77. The van der Waals surface area contributed by atoms with E-state index in [2.05, 4.69) is 62.9 Å². The van der Waals surface area contributed by atoms with Crippen molar-refractivity contribution in [2.24, 2.45) is 0 Å². The van der Waals surface area contributed by atoms with Crippen molar-refractivity contribution in [2.75, 3.05) is 45.0 Å². The Hall–Kier alpha value is -4.20. The Morgan fingerprint density at radius 2 is 1.64 bits per heavy atom. The number of hydrogen-bond acceptors (Lipinski definition) is 7. The van der Waals surface area contributed by atoms with Crippen LogP contribution in [0.25, 0.3) is 32.8 Å². The van der Waals surface area contributed by atoms with Gasteiger partial charge in [-0.25, -0.2) is 9.18 Å². The first kappa shape index (κ1) is 37.1. The van der Waals surface area contributed by atoms with Crippen LogP contribution in [-0.2, 0) is 9.47 Å². The highest BCUT2D eigenvalue weighted by Crippen LogP contribution is 2.42. The summed E-state index contributed by atoms with van der Waals surface area (Å²) in [6.45, 7) is 21.5. The van der Waals surface area contributed by atoms with E-state index in [1.165, 1.54) is 0 Å². The van der Waals surface area contributed by atoms with Gasteiger partial charge in [0.2, 0.25) is 0 Å². The number of amides is 1.